The summed E-state index contributed by atoms with van der Waals surface area (Å²) in [5, 5.41) is 20.7. The number of likely N-dealkylation sites (tertiary alicyclic amines) is 1. The number of nitrogens with zero attached hydrogens (tertiary/aromatic N) is 5. The van der Waals surface area contributed by atoms with Gasteiger partial charge in [-0.1, -0.05) is 11.8 Å². The molecule has 18 heavy (non-hydrogen) atoms. The number of carboxylic acids is 1. The fourth-order valence-corrected chi connectivity index (χ4v) is 2.64. The minimum Gasteiger partial charge on any atom is -0.481 e. The Morgan fingerprint density at radius 3 is 2.89 bits per heavy atom. The number of tetrazole rings is 1. The van der Waals surface area contributed by atoms with Gasteiger partial charge in [-0.15, -0.1) is 5.10 Å². The molecule has 1 aliphatic heterocycles. The Kier molecular flexibility index (Phi) is 4.54. The Morgan fingerprint density at radius 2 is 2.22 bits per heavy atom. The van der Waals surface area contributed by atoms with Crippen LogP contribution in [0.2, 0.25) is 0 Å². The van der Waals surface area contributed by atoms with E-state index in [1.165, 1.54) is 11.8 Å². The Labute approximate surface area is 110 Å². The first-order chi connectivity index (χ1) is 8.65. The van der Waals surface area contributed by atoms with Gasteiger partial charge in [0, 0.05) is 6.54 Å². The smallest absolute Gasteiger partial charge is 0.313 e. The molecule has 1 aromatic heterocycles. The molecule has 0 unspecified atom stereocenters. The van der Waals surface area contributed by atoms with Gasteiger partial charge in [0.15, 0.2) is 0 Å². The summed E-state index contributed by atoms with van der Waals surface area (Å²) in [5.41, 5.74) is 0. The van der Waals surface area contributed by atoms with E-state index < -0.39 is 5.97 Å². The van der Waals surface area contributed by atoms with Crippen LogP contribution in [0.1, 0.15) is 12.8 Å². The lowest BCUT2D eigenvalue weighted by Gasteiger charge is -2.28. The molecule has 2 heterocycles. The Bertz CT molecular complexity index is 403. The first kappa shape index (κ1) is 13.3. The summed E-state index contributed by atoms with van der Waals surface area (Å²) in [6, 6.07) is 0. The molecule has 2 rings (SSSR count). The van der Waals surface area contributed by atoms with Crippen molar-refractivity contribution in [3.8, 4) is 0 Å². The highest BCUT2D eigenvalue weighted by Gasteiger charge is 2.19. The predicted octanol–water partition coefficient (Wildman–Crippen LogP) is 0.192. The quantitative estimate of drug-likeness (QED) is 0.765. The highest BCUT2D eigenvalue weighted by Crippen LogP contribution is 2.20. The molecule has 0 bridgehead atoms. The summed E-state index contributed by atoms with van der Waals surface area (Å²) in [6.07, 6.45) is 2.28. The number of aromatic nitrogens is 4. The van der Waals surface area contributed by atoms with Crippen molar-refractivity contribution in [1.29, 1.82) is 0 Å². The Hall–Kier alpha value is -1.15. The second kappa shape index (κ2) is 6.14. The van der Waals surface area contributed by atoms with Crippen LogP contribution in [0, 0.1) is 5.92 Å². The number of hydrogen-bond donors (Lipinski definition) is 1. The molecule has 0 saturated carbocycles. The zero-order chi connectivity index (χ0) is 13.0. The highest BCUT2D eigenvalue weighted by atomic mass is 32.2. The van der Waals surface area contributed by atoms with E-state index in [0.29, 0.717) is 11.1 Å². The number of piperidine rings is 1. The zero-order valence-electron chi connectivity index (χ0n) is 10.3. The molecular weight excluding hydrogens is 254 g/mol. The monoisotopic (exact) mass is 271 g/mol. The van der Waals surface area contributed by atoms with Crippen LogP contribution in [-0.2, 0) is 11.3 Å². The van der Waals surface area contributed by atoms with Crippen LogP contribution in [0.3, 0.4) is 0 Å². The van der Waals surface area contributed by atoms with E-state index in [9.17, 15) is 4.79 Å². The lowest BCUT2D eigenvalue weighted by molar-refractivity contribution is -0.133. The van der Waals surface area contributed by atoms with Gasteiger partial charge in [-0.05, 0) is 49.3 Å². The van der Waals surface area contributed by atoms with Crippen LogP contribution in [0.15, 0.2) is 5.16 Å². The topological polar surface area (TPSA) is 84.1 Å². The fourth-order valence-electron chi connectivity index (χ4n) is 2.03. The van der Waals surface area contributed by atoms with E-state index in [-0.39, 0.29) is 5.75 Å². The molecular formula is C10H17N5O2S. The van der Waals surface area contributed by atoms with Gasteiger partial charge < -0.3 is 10.0 Å². The number of rotatable bonds is 5. The van der Waals surface area contributed by atoms with Crippen LogP contribution in [0.25, 0.3) is 0 Å². The maximum Gasteiger partial charge on any atom is 0.313 e. The average Bonchev–Trinajstić information content (AvgIpc) is 2.77. The molecule has 1 aliphatic rings. The molecule has 1 aromatic rings. The lowest BCUT2D eigenvalue weighted by Crippen LogP contribution is -2.32. The SMILES string of the molecule is CN1CCC(Cn2nnnc2SCC(=O)O)CC1. The summed E-state index contributed by atoms with van der Waals surface area (Å²) in [6.45, 7) is 2.98. The minimum atomic E-state index is -0.853. The standard InChI is InChI=1S/C10H17N5O2S/c1-14-4-2-8(3-5-14)6-15-10(11-12-13-15)18-7-9(16)17/h8H,2-7H2,1H3,(H,16,17). The largest absolute Gasteiger partial charge is 0.481 e. The maximum atomic E-state index is 10.5. The molecule has 0 radical (unpaired) electrons. The molecule has 1 N–H and O–H groups in total. The van der Waals surface area contributed by atoms with Crippen LogP contribution in [-0.4, -0.2) is 62.1 Å². The first-order valence-electron chi connectivity index (χ1n) is 5.94. The highest BCUT2D eigenvalue weighted by molar-refractivity contribution is 7.99. The molecule has 1 fully saturated rings. The summed E-state index contributed by atoms with van der Waals surface area (Å²) in [7, 11) is 2.13. The molecule has 0 aliphatic carbocycles. The fraction of sp³-hybridized carbons (Fsp3) is 0.800. The number of carboxylic acid groups (broad SMARTS) is 1. The molecule has 7 nitrogen and oxygen atoms in total. The van der Waals surface area contributed by atoms with E-state index in [0.717, 1.165) is 32.5 Å². The van der Waals surface area contributed by atoms with Gasteiger partial charge in [0.05, 0.1) is 5.75 Å². The third-order valence-electron chi connectivity index (χ3n) is 3.09. The Morgan fingerprint density at radius 1 is 1.50 bits per heavy atom. The second-order valence-electron chi connectivity index (χ2n) is 4.57. The van der Waals surface area contributed by atoms with Crippen LogP contribution in [0.5, 0.6) is 0 Å². The molecule has 0 amide bonds. The molecule has 0 spiro atoms. The van der Waals surface area contributed by atoms with E-state index >= 15 is 0 Å². The normalized spacial score (nSPS) is 18.1. The van der Waals surface area contributed by atoms with E-state index in [4.69, 9.17) is 5.11 Å². The minimum absolute atomic E-state index is 0.00617. The van der Waals surface area contributed by atoms with Gasteiger partial charge in [-0.25, -0.2) is 4.68 Å². The van der Waals surface area contributed by atoms with Gasteiger partial charge in [0.2, 0.25) is 5.16 Å². The van der Waals surface area contributed by atoms with Gasteiger partial charge >= 0.3 is 5.97 Å². The summed E-state index contributed by atoms with van der Waals surface area (Å²) in [4.78, 5) is 12.8. The van der Waals surface area contributed by atoms with Crippen molar-refractivity contribution in [3.05, 3.63) is 0 Å². The summed E-state index contributed by atoms with van der Waals surface area (Å²) < 4.78 is 1.73. The van der Waals surface area contributed by atoms with Crippen molar-refractivity contribution in [2.45, 2.75) is 24.5 Å². The van der Waals surface area contributed by atoms with E-state index in [2.05, 4.69) is 27.5 Å². The van der Waals surface area contributed by atoms with Crippen LogP contribution in [0.4, 0.5) is 0 Å². The molecule has 100 valence electrons. The molecule has 0 atom stereocenters. The van der Waals surface area contributed by atoms with Gasteiger partial charge in [0.25, 0.3) is 0 Å². The van der Waals surface area contributed by atoms with Crippen LogP contribution >= 0.6 is 11.8 Å². The average molecular weight is 271 g/mol. The summed E-state index contributed by atoms with van der Waals surface area (Å²) >= 11 is 1.17. The van der Waals surface area contributed by atoms with E-state index in [1.54, 1.807) is 4.68 Å². The van der Waals surface area contributed by atoms with Crippen molar-refractivity contribution in [3.63, 3.8) is 0 Å². The lowest BCUT2D eigenvalue weighted by atomic mass is 9.97. The summed E-state index contributed by atoms with van der Waals surface area (Å²) in [5.74, 6) is -0.281. The molecule has 8 heteroatoms. The first-order valence-corrected chi connectivity index (χ1v) is 6.93. The van der Waals surface area contributed by atoms with Gasteiger partial charge in [-0.2, -0.15) is 0 Å². The molecule has 1 saturated heterocycles. The second-order valence-corrected chi connectivity index (χ2v) is 5.52. The van der Waals surface area contributed by atoms with Gasteiger partial charge in [-0.3, -0.25) is 4.79 Å². The predicted molar refractivity (Wildman–Crippen MR) is 66.4 cm³/mol. The van der Waals surface area contributed by atoms with Crippen molar-refractivity contribution in [2.24, 2.45) is 5.92 Å². The Balaban J connectivity index is 1.89. The number of hydrogen-bond acceptors (Lipinski definition) is 6. The van der Waals surface area contributed by atoms with Crippen molar-refractivity contribution < 1.29 is 9.90 Å². The zero-order valence-corrected chi connectivity index (χ0v) is 11.1. The number of carbonyl (C=O) groups is 1. The van der Waals surface area contributed by atoms with Crippen molar-refractivity contribution in [2.75, 3.05) is 25.9 Å². The maximum absolute atomic E-state index is 10.5. The number of aliphatic carboxylic acids is 1. The third kappa shape index (κ3) is 3.67. The molecule has 0 aromatic carbocycles. The van der Waals surface area contributed by atoms with Crippen molar-refractivity contribution in [1.82, 2.24) is 25.1 Å². The van der Waals surface area contributed by atoms with Gasteiger partial charge in [0.1, 0.15) is 0 Å². The van der Waals surface area contributed by atoms with Crippen LogP contribution < -0.4 is 0 Å². The third-order valence-corrected chi connectivity index (χ3v) is 4.03. The van der Waals surface area contributed by atoms with Crippen molar-refractivity contribution >= 4 is 17.7 Å². The van der Waals surface area contributed by atoms with E-state index in [1.807, 2.05) is 0 Å². The number of thioether (sulfide) groups is 1.